The van der Waals surface area contributed by atoms with E-state index in [-0.39, 0.29) is 5.91 Å². The molecule has 1 aromatic rings. The first-order chi connectivity index (χ1) is 12.2. The number of alkyl carbamates (subject to hydrolysis) is 1. The third kappa shape index (κ3) is 5.23. The van der Waals surface area contributed by atoms with Gasteiger partial charge in [0.05, 0.1) is 5.41 Å². The van der Waals surface area contributed by atoms with Gasteiger partial charge < -0.3 is 15.4 Å². The SMILES string of the molecule is Cc1ccccc1C1(C(=O)NCCNC(=O)OC(C)(C)C)CCCCC1. The zero-order chi connectivity index (χ0) is 19.2. The molecule has 0 aliphatic heterocycles. The molecule has 1 aromatic carbocycles. The van der Waals surface area contributed by atoms with Crippen molar-refractivity contribution in [2.24, 2.45) is 0 Å². The average molecular weight is 360 g/mol. The molecule has 0 unspecified atom stereocenters. The van der Waals surface area contributed by atoms with Crippen molar-refractivity contribution in [2.75, 3.05) is 13.1 Å². The topological polar surface area (TPSA) is 67.4 Å². The lowest BCUT2D eigenvalue weighted by molar-refractivity contribution is -0.128. The van der Waals surface area contributed by atoms with E-state index >= 15 is 0 Å². The number of nitrogens with one attached hydrogen (secondary N) is 2. The summed E-state index contributed by atoms with van der Waals surface area (Å²) in [6, 6.07) is 8.18. The van der Waals surface area contributed by atoms with Crippen molar-refractivity contribution in [2.45, 2.75) is 70.8 Å². The van der Waals surface area contributed by atoms with E-state index in [1.165, 1.54) is 6.42 Å². The van der Waals surface area contributed by atoms with Crippen molar-refractivity contribution in [1.29, 1.82) is 0 Å². The first-order valence-electron chi connectivity index (χ1n) is 9.56. The maximum Gasteiger partial charge on any atom is 0.407 e. The summed E-state index contributed by atoms with van der Waals surface area (Å²) in [6.45, 7) is 8.29. The molecular formula is C21H32N2O3. The molecule has 26 heavy (non-hydrogen) atoms. The summed E-state index contributed by atoms with van der Waals surface area (Å²) in [6.07, 6.45) is 4.61. The van der Waals surface area contributed by atoms with Gasteiger partial charge in [-0.15, -0.1) is 0 Å². The third-order valence-electron chi connectivity index (χ3n) is 4.88. The number of aryl methyl sites for hydroxylation is 1. The highest BCUT2D eigenvalue weighted by atomic mass is 16.6. The van der Waals surface area contributed by atoms with E-state index in [2.05, 4.69) is 29.7 Å². The van der Waals surface area contributed by atoms with Crippen molar-refractivity contribution in [3.8, 4) is 0 Å². The predicted octanol–water partition coefficient (Wildman–Crippen LogP) is 3.84. The van der Waals surface area contributed by atoms with Gasteiger partial charge in [-0.05, 0) is 51.7 Å². The number of carbonyl (C=O) groups is 2. The maximum atomic E-state index is 13.1. The molecule has 0 radical (unpaired) electrons. The molecule has 2 N–H and O–H groups in total. The minimum absolute atomic E-state index is 0.0671. The van der Waals surface area contributed by atoms with E-state index in [1.807, 2.05) is 32.9 Å². The molecule has 0 spiro atoms. The van der Waals surface area contributed by atoms with Crippen LogP contribution >= 0.6 is 0 Å². The monoisotopic (exact) mass is 360 g/mol. The Morgan fingerprint density at radius 1 is 1.04 bits per heavy atom. The molecule has 1 saturated carbocycles. The molecule has 0 saturated heterocycles. The fourth-order valence-electron chi connectivity index (χ4n) is 3.71. The summed E-state index contributed by atoms with van der Waals surface area (Å²) in [5, 5.41) is 5.71. The van der Waals surface area contributed by atoms with Crippen LogP contribution in [0.15, 0.2) is 24.3 Å². The van der Waals surface area contributed by atoms with E-state index in [0.717, 1.165) is 36.8 Å². The average Bonchev–Trinajstić information content (AvgIpc) is 2.58. The number of hydrogen-bond donors (Lipinski definition) is 2. The van der Waals surface area contributed by atoms with E-state index in [1.54, 1.807) is 0 Å². The summed E-state index contributed by atoms with van der Waals surface area (Å²) < 4.78 is 5.20. The normalized spacial score (nSPS) is 16.6. The Hall–Kier alpha value is -2.04. The van der Waals surface area contributed by atoms with Crippen LogP contribution < -0.4 is 10.6 Å². The third-order valence-corrected chi connectivity index (χ3v) is 4.88. The number of rotatable bonds is 5. The van der Waals surface area contributed by atoms with Gasteiger partial charge in [0.2, 0.25) is 5.91 Å². The minimum Gasteiger partial charge on any atom is -0.444 e. The zero-order valence-electron chi connectivity index (χ0n) is 16.5. The van der Waals surface area contributed by atoms with Gasteiger partial charge >= 0.3 is 6.09 Å². The number of carbonyl (C=O) groups excluding carboxylic acids is 2. The summed E-state index contributed by atoms with van der Waals surface area (Å²) in [7, 11) is 0. The summed E-state index contributed by atoms with van der Waals surface area (Å²) >= 11 is 0. The minimum atomic E-state index is -0.523. The van der Waals surface area contributed by atoms with Crippen molar-refractivity contribution in [1.82, 2.24) is 10.6 Å². The molecular weight excluding hydrogens is 328 g/mol. The van der Waals surface area contributed by atoms with Crippen LogP contribution in [0.1, 0.15) is 64.0 Å². The van der Waals surface area contributed by atoms with Crippen LogP contribution in [0.4, 0.5) is 4.79 Å². The second kappa shape index (κ2) is 8.56. The Bertz CT molecular complexity index is 628. The van der Waals surface area contributed by atoms with Gasteiger partial charge in [-0.2, -0.15) is 0 Å². The van der Waals surface area contributed by atoms with Crippen LogP contribution in [0.2, 0.25) is 0 Å². The summed E-state index contributed by atoms with van der Waals surface area (Å²) in [5.74, 6) is 0.0671. The lowest BCUT2D eigenvalue weighted by Crippen LogP contribution is -2.48. The van der Waals surface area contributed by atoms with Gasteiger partial charge in [0.1, 0.15) is 5.60 Å². The van der Waals surface area contributed by atoms with Crippen molar-refractivity contribution < 1.29 is 14.3 Å². The Morgan fingerprint density at radius 3 is 2.27 bits per heavy atom. The molecule has 5 nitrogen and oxygen atoms in total. The number of benzene rings is 1. The van der Waals surface area contributed by atoms with Crippen LogP contribution in [-0.4, -0.2) is 30.7 Å². The molecule has 2 amide bonds. The summed E-state index contributed by atoms with van der Waals surface area (Å²) in [4.78, 5) is 24.8. The molecule has 0 heterocycles. The van der Waals surface area contributed by atoms with E-state index in [9.17, 15) is 9.59 Å². The first kappa shape index (κ1) is 20.3. The van der Waals surface area contributed by atoms with Gasteiger partial charge in [0.25, 0.3) is 0 Å². The Balaban J connectivity index is 1.96. The number of ether oxygens (including phenoxy) is 1. The molecule has 1 aliphatic carbocycles. The molecule has 0 atom stereocenters. The number of hydrogen-bond acceptors (Lipinski definition) is 3. The van der Waals surface area contributed by atoms with Crippen molar-refractivity contribution in [3.63, 3.8) is 0 Å². The Labute approximate surface area is 156 Å². The van der Waals surface area contributed by atoms with Crippen LogP contribution in [0.3, 0.4) is 0 Å². The fraction of sp³-hybridized carbons (Fsp3) is 0.619. The molecule has 0 bridgehead atoms. The highest BCUT2D eigenvalue weighted by Gasteiger charge is 2.41. The summed E-state index contributed by atoms with van der Waals surface area (Å²) in [5.41, 5.74) is 1.33. The van der Waals surface area contributed by atoms with Crippen LogP contribution in [0.5, 0.6) is 0 Å². The Kier molecular flexibility index (Phi) is 6.68. The fourth-order valence-corrected chi connectivity index (χ4v) is 3.71. The molecule has 2 rings (SSSR count). The van der Waals surface area contributed by atoms with Crippen molar-refractivity contribution in [3.05, 3.63) is 35.4 Å². The highest BCUT2D eigenvalue weighted by molar-refractivity contribution is 5.88. The smallest absolute Gasteiger partial charge is 0.407 e. The largest absolute Gasteiger partial charge is 0.444 e. The molecule has 0 aromatic heterocycles. The highest BCUT2D eigenvalue weighted by Crippen LogP contribution is 2.41. The van der Waals surface area contributed by atoms with Gasteiger partial charge in [-0.3, -0.25) is 4.79 Å². The van der Waals surface area contributed by atoms with Crippen LogP contribution in [0, 0.1) is 6.92 Å². The van der Waals surface area contributed by atoms with Crippen LogP contribution in [-0.2, 0) is 14.9 Å². The van der Waals surface area contributed by atoms with E-state index < -0.39 is 17.1 Å². The van der Waals surface area contributed by atoms with Gasteiger partial charge in [0, 0.05) is 13.1 Å². The van der Waals surface area contributed by atoms with E-state index in [0.29, 0.717) is 13.1 Å². The lowest BCUT2D eigenvalue weighted by atomic mass is 9.67. The lowest BCUT2D eigenvalue weighted by Gasteiger charge is -2.37. The van der Waals surface area contributed by atoms with Crippen LogP contribution in [0.25, 0.3) is 0 Å². The van der Waals surface area contributed by atoms with Gasteiger partial charge in [-0.1, -0.05) is 43.5 Å². The van der Waals surface area contributed by atoms with Crippen molar-refractivity contribution >= 4 is 12.0 Å². The van der Waals surface area contributed by atoms with Gasteiger partial charge in [-0.25, -0.2) is 4.79 Å². The maximum absolute atomic E-state index is 13.1. The zero-order valence-corrected chi connectivity index (χ0v) is 16.5. The predicted molar refractivity (Wildman–Crippen MR) is 103 cm³/mol. The molecule has 1 fully saturated rings. The molecule has 5 heteroatoms. The second-order valence-corrected chi connectivity index (χ2v) is 8.14. The molecule has 1 aliphatic rings. The standard InChI is InChI=1S/C21H32N2O3/c1-16-10-6-7-11-17(16)21(12-8-5-9-13-21)18(24)22-14-15-23-19(25)26-20(2,3)4/h6-7,10-11H,5,8-9,12-15H2,1-4H3,(H,22,24)(H,23,25). The number of amides is 2. The second-order valence-electron chi connectivity index (χ2n) is 8.14. The van der Waals surface area contributed by atoms with E-state index in [4.69, 9.17) is 4.74 Å². The Morgan fingerprint density at radius 2 is 1.65 bits per heavy atom. The first-order valence-corrected chi connectivity index (χ1v) is 9.56. The molecule has 144 valence electrons. The van der Waals surface area contributed by atoms with Gasteiger partial charge in [0.15, 0.2) is 0 Å². The quantitative estimate of drug-likeness (QED) is 0.784.